The summed E-state index contributed by atoms with van der Waals surface area (Å²) in [7, 11) is 0. The standard InChI is InChI=1S/C8H5N4/c1-2-7(4-9-3-1)8-11-5-10-6-12-8/h1-3,5-6H. The van der Waals surface area contributed by atoms with Gasteiger partial charge in [0.2, 0.25) is 0 Å². The van der Waals surface area contributed by atoms with Crippen molar-refractivity contribution >= 4 is 0 Å². The van der Waals surface area contributed by atoms with E-state index < -0.39 is 0 Å². The highest BCUT2D eigenvalue weighted by Crippen LogP contribution is 2.08. The maximum atomic E-state index is 3.96. The molecule has 2 heterocycles. The van der Waals surface area contributed by atoms with Crippen molar-refractivity contribution in [1.29, 1.82) is 0 Å². The van der Waals surface area contributed by atoms with E-state index in [1.807, 2.05) is 12.1 Å². The summed E-state index contributed by atoms with van der Waals surface area (Å²) in [4.78, 5) is 15.5. The molecule has 4 heteroatoms. The minimum absolute atomic E-state index is 0.595. The normalized spacial score (nSPS) is 9.67. The molecule has 0 bridgehead atoms. The third-order valence-electron chi connectivity index (χ3n) is 1.34. The van der Waals surface area contributed by atoms with Crippen LogP contribution in [0, 0.1) is 6.20 Å². The average molecular weight is 157 g/mol. The molecule has 0 amide bonds. The summed E-state index contributed by atoms with van der Waals surface area (Å²) in [6.45, 7) is 0. The molecule has 2 aromatic heterocycles. The van der Waals surface area contributed by atoms with Crippen LogP contribution < -0.4 is 0 Å². The second-order valence-electron chi connectivity index (χ2n) is 2.12. The number of nitrogens with zero attached hydrogens (tertiary/aromatic N) is 4. The topological polar surface area (TPSA) is 51.6 Å². The molecule has 12 heavy (non-hydrogen) atoms. The van der Waals surface area contributed by atoms with Gasteiger partial charge in [-0.25, -0.2) is 15.0 Å². The number of aromatic nitrogens is 4. The summed E-state index contributed by atoms with van der Waals surface area (Å²) in [5.41, 5.74) is 0.778. The van der Waals surface area contributed by atoms with E-state index in [1.54, 1.807) is 6.20 Å². The van der Waals surface area contributed by atoms with E-state index in [-0.39, 0.29) is 0 Å². The lowest BCUT2D eigenvalue weighted by Crippen LogP contribution is -1.89. The van der Waals surface area contributed by atoms with Crippen LogP contribution in [0.1, 0.15) is 0 Å². The fourth-order valence-corrected chi connectivity index (χ4v) is 0.829. The molecular formula is C8H5N4. The van der Waals surface area contributed by atoms with Crippen molar-refractivity contribution in [2.75, 3.05) is 0 Å². The van der Waals surface area contributed by atoms with Crippen LogP contribution in [-0.4, -0.2) is 19.9 Å². The molecule has 0 aliphatic heterocycles. The Morgan fingerprint density at radius 3 is 2.67 bits per heavy atom. The predicted molar refractivity (Wildman–Crippen MR) is 41.9 cm³/mol. The SMILES string of the molecule is [c]1ncccc1-c1ncncn1. The first-order valence-corrected chi connectivity index (χ1v) is 3.42. The minimum Gasteiger partial charge on any atom is -0.254 e. The van der Waals surface area contributed by atoms with Gasteiger partial charge in [0.15, 0.2) is 5.82 Å². The molecule has 57 valence electrons. The van der Waals surface area contributed by atoms with Gasteiger partial charge in [-0.2, -0.15) is 0 Å². The van der Waals surface area contributed by atoms with Crippen molar-refractivity contribution in [3.8, 4) is 11.4 Å². The van der Waals surface area contributed by atoms with E-state index in [1.165, 1.54) is 12.7 Å². The highest BCUT2D eigenvalue weighted by atomic mass is 15.0. The van der Waals surface area contributed by atoms with Crippen LogP contribution in [0.15, 0.2) is 31.0 Å². The summed E-state index contributed by atoms with van der Waals surface area (Å²) >= 11 is 0. The summed E-state index contributed by atoms with van der Waals surface area (Å²) < 4.78 is 0. The molecule has 1 radical (unpaired) electrons. The molecule has 0 atom stereocenters. The number of hydrogen-bond donors (Lipinski definition) is 0. The predicted octanol–water partition coefficient (Wildman–Crippen LogP) is 0.734. The summed E-state index contributed by atoms with van der Waals surface area (Å²) in [5.74, 6) is 0.595. The van der Waals surface area contributed by atoms with Gasteiger partial charge in [-0.05, 0) is 12.1 Å². The molecule has 0 N–H and O–H groups in total. The van der Waals surface area contributed by atoms with Crippen molar-refractivity contribution in [3.05, 3.63) is 37.2 Å². The summed E-state index contributed by atoms with van der Waals surface area (Å²) in [6, 6.07) is 3.66. The van der Waals surface area contributed by atoms with Gasteiger partial charge in [0.25, 0.3) is 0 Å². The molecule has 0 saturated carbocycles. The van der Waals surface area contributed by atoms with Gasteiger partial charge < -0.3 is 0 Å². The van der Waals surface area contributed by atoms with E-state index in [0.717, 1.165) is 5.56 Å². The third kappa shape index (κ3) is 1.27. The molecule has 0 aliphatic carbocycles. The Labute approximate surface area is 69.4 Å². The third-order valence-corrected chi connectivity index (χ3v) is 1.34. The van der Waals surface area contributed by atoms with Crippen molar-refractivity contribution in [2.45, 2.75) is 0 Å². The van der Waals surface area contributed by atoms with Crippen molar-refractivity contribution in [1.82, 2.24) is 19.9 Å². The Hall–Kier alpha value is -1.84. The maximum Gasteiger partial charge on any atom is 0.164 e. The number of pyridine rings is 1. The van der Waals surface area contributed by atoms with E-state index in [4.69, 9.17) is 0 Å². The van der Waals surface area contributed by atoms with Crippen LogP contribution in [0.3, 0.4) is 0 Å². The van der Waals surface area contributed by atoms with Crippen LogP contribution >= 0.6 is 0 Å². The van der Waals surface area contributed by atoms with Crippen molar-refractivity contribution in [3.63, 3.8) is 0 Å². The van der Waals surface area contributed by atoms with Gasteiger partial charge in [0.1, 0.15) is 18.9 Å². The van der Waals surface area contributed by atoms with E-state index in [0.29, 0.717) is 5.82 Å². The number of hydrogen-bond acceptors (Lipinski definition) is 4. The first-order chi connectivity index (χ1) is 5.97. The second kappa shape index (κ2) is 3.04. The zero-order valence-electron chi connectivity index (χ0n) is 6.18. The van der Waals surface area contributed by atoms with E-state index >= 15 is 0 Å². The molecule has 0 spiro atoms. The molecule has 0 aromatic carbocycles. The number of rotatable bonds is 1. The Morgan fingerprint density at radius 1 is 1.17 bits per heavy atom. The Bertz CT molecular complexity index is 308. The zero-order chi connectivity index (χ0) is 8.23. The van der Waals surface area contributed by atoms with Gasteiger partial charge >= 0.3 is 0 Å². The molecule has 0 aliphatic rings. The molecule has 2 aromatic rings. The van der Waals surface area contributed by atoms with Crippen LogP contribution in [0.25, 0.3) is 11.4 Å². The summed E-state index contributed by atoms with van der Waals surface area (Å²) in [6.07, 6.45) is 7.33. The first-order valence-electron chi connectivity index (χ1n) is 3.42. The minimum atomic E-state index is 0.595. The van der Waals surface area contributed by atoms with Crippen LogP contribution in [0.2, 0.25) is 0 Å². The monoisotopic (exact) mass is 157 g/mol. The smallest absolute Gasteiger partial charge is 0.164 e. The molecule has 0 unspecified atom stereocenters. The lowest BCUT2D eigenvalue weighted by Gasteiger charge is -1.94. The largest absolute Gasteiger partial charge is 0.254 e. The average Bonchev–Trinajstić information content (AvgIpc) is 2.21. The van der Waals surface area contributed by atoms with Gasteiger partial charge in [-0.3, -0.25) is 4.98 Å². The quantitative estimate of drug-likeness (QED) is 0.612. The van der Waals surface area contributed by atoms with Gasteiger partial charge in [-0.1, -0.05) is 0 Å². The van der Waals surface area contributed by atoms with E-state index in [9.17, 15) is 0 Å². The highest BCUT2D eigenvalue weighted by Gasteiger charge is 1.97. The van der Waals surface area contributed by atoms with Crippen LogP contribution in [-0.2, 0) is 0 Å². The molecular weight excluding hydrogens is 152 g/mol. The van der Waals surface area contributed by atoms with Gasteiger partial charge in [-0.15, -0.1) is 0 Å². The second-order valence-corrected chi connectivity index (χ2v) is 2.12. The van der Waals surface area contributed by atoms with E-state index in [2.05, 4.69) is 26.1 Å². The zero-order valence-corrected chi connectivity index (χ0v) is 6.18. The molecule has 4 nitrogen and oxygen atoms in total. The maximum absolute atomic E-state index is 3.96. The van der Waals surface area contributed by atoms with Crippen molar-refractivity contribution < 1.29 is 0 Å². The lowest BCUT2D eigenvalue weighted by molar-refractivity contribution is 1.05. The Morgan fingerprint density at radius 2 is 2.00 bits per heavy atom. The Kier molecular flexibility index (Phi) is 1.74. The van der Waals surface area contributed by atoms with Gasteiger partial charge in [0, 0.05) is 11.8 Å². The first kappa shape index (κ1) is 6.84. The highest BCUT2D eigenvalue weighted by molar-refractivity contribution is 5.50. The van der Waals surface area contributed by atoms with Crippen LogP contribution in [0.4, 0.5) is 0 Å². The Balaban J connectivity index is 2.46. The van der Waals surface area contributed by atoms with Crippen molar-refractivity contribution in [2.24, 2.45) is 0 Å². The van der Waals surface area contributed by atoms with Crippen LogP contribution in [0.5, 0.6) is 0 Å². The summed E-state index contributed by atoms with van der Waals surface area (Å²) in [5, 5.41) is 0. The lowest BCUT2D eigenvalue weighted by atomic mass is 10.3. The molecule has 2 rings (SSSR count). The van der Waals surface area contributed by atoms with Gasteiger partial charge in [0.05, 0.1) is 0 Å². The fraction of sp³-hybridized carbons (Fsp3) is 0. The fourth-order valence-electron chi connectivity index (χ4n) is 0.829. The molecule has 0 saturated heterocycles. The molecule has 0 fully saturated rings.